The number of fused-ring (bicyclic) bond motifs is 2. The first-order chi connectivity index (χ1) is 12.8. The third-order valence-electron chi connectivity index (χ3n) is 4.69. The zero-order chi connectivity index (χ0) is 19.3. The molecule has 1 aromatic carbocycles. The number of pyridine rings is 1. The van der Waals surface area contributed by atoms with Gasteiger partial charge in [-0.2, -0.15) is 18.6 Å². The maximum Gasteiger partial charge on any atom is 0.261 e. The Labute approximate surface area is 170 Å². The summed E-state index contributed by atoms with van der Waals surface area (Å²) in [7, 11) is 8.06. The highest BCUT2D eigenvalue weighted by Gasteiger charge is 2.21. The number of hydrogen-bond donors (Lipinski definition) is 3. The molecule has 0 spiro atoms. The minimum Gasteiger partial charge on any atom is -0.388 e. The molecule has 4 aromatic rings. The molecule has 1 atom stereocenters. The molecule has 3 heterocycles. The molecule has 3 aromatic heterocycles. The predicted molar refractivity (Wildman–Crippen MR) is 120 cm³/mol. The summed E-state index contributed by atoms with van der Waals surface area (Å²) in [5, 5.41) is 7.79. The van der Waals surface area contributed by atoms with E-state index in [1.165, 1.54) is 0 Å². The Morgan fingerprint density at radius 1 is 1.21 bits per heavy atom. The quantitative estimate of drug-likeness (QED) is 0.464. The summed E-state index contributed by atoms with van der Waals surface area (Å²) in [4.78, 5) is 23.7. The molecule has 0 aliphatic rings. The number of hydrogen-bond acceptors (Lipinski definition) is 4. The molecular weight excluding hydrogens is 371 g/mol. The number of imidazole rings is 1. The zero-order valence-electron chi connectivity index (χ0n) is 16.3. The third kappa shape index (κ3) is 3.42. The summed E-state index contributed by atoms with van der Waals surface area (Å²) < 4.78 is 1.67. The van der Waals surface area contributed by atoms with Gasteiger partial charge in [0.25, 0.3) is 5.56 Å². The molecule has 9 heteroatoms. The molecule has 144 valence electrons. The molecule has 2 radical (unpaired) electrons. The molecule has 28 heavy (non-hydrogen) atoms. The van der Waals surface area contributed by atoms with Gasteiger partial charge in [0, 0.05) is 13.2 Å². The number of anilines is 1. The Morgan fingerprint density at radius 3 is 2.68 bits per heavy atom. The van der Waals surface area contributed by atoms with E-state index in [-0.39, 0.29) is 30.9 Å². The highest BCUT2D eigenvalue weighted by Crippen LogP contribution is 2.31. The third-order valence-corrected chi connectivity index (χ3v) is 4.69. The van der Waals surface area contributed by atoms with Gasteiger partial charge >= 0.3 is 0 Å². The average molecular weight is 394 g/mol. The number of nitrogens with one attached hydrogen (secondary N) is 3. The van der Waals surface area contributed by atoms with Crippen molar-refractivity contribution >= 4 is 49.1 Å². The first-order valence-electron chi connectivity index (χ1n) is 8.92. The molecule has 3 N–H and O–H groups in total. The Kier molecular flexibility index (Phi) is 5.30. The van der Waals surface area contributed by atoms with Gasteiger partial charge in [-0.15, -0.1) is 0 Å². The maximum atomic E-state index is 12.9. The lowest BCUT2D eigenvalue weighted by molar-refractivity contribution is 0.643. The van der Waals surface area contributed by atoms with E-state index in [1.54, 1.807) is 10.9 Å². The highest BCUT2D eigenvalue weighted by molar-refractivity contribution is 7.59. The second-order valence-corrected chi connectivity index (χ2v) is 7.29. The van der Waals surface area contributed by atoms with E-state index in [9.17, 15) is 4.79 Å². The average Bonchev–Trinajstić information content (AvgIpc) is 3.16. The van der Waals surface area contributed by atoms with Crippen LogP contribution in [0.15, 0.2) is 29.2 Å². The molecule has 0 aliphatic carbocycles. The topological polar surface area (TPSA) is 91.4 Å². The normalized spacial score (nSPS) is 12.5. The Hall–Kier alpha value is -2.68. The van der Waals surface area contributed by atoms with Crippen molar-refractivity contribution in [2.45, 2.75) is 26.7 Å². The summed E-state index contributed by atoms with van der Waals surface area (Å²) in [6.45, 7) is 6.05. The van der Waals surface area contributed by atoms with E-state index in [0.29, 0.717) is 28.1 Å². The number of nitrogens with zero attached hydrogens (tertiary/aromatic N) is 3. The summed E-state index contributed by atoms with van der Waals surface area (Å²) in [5.41, 5.74) is 4.85. The van der Waals surface area contributed by atoms with Crippen molar-refractivity contribution in [3.05, 3.63) is 40.3 Å². The standard InChI is InChI=1S/C19H21BN6O.H2S/c1-9(2)17(20)24-16-14(19(27)23-13-8-26(4)25-15(13)16)18-21-11-6-5-10(3)7-12(11)22-18;/h5-9,17,24H,1-4H3,(H,21,22)(H,23,27);1H2. The van der Waals surface area contributed by atoms with Crippen LogP contribution in [0.5, 0.6) is 0 Å². The lowest BCUT2D eigenvalue weighted by Gasteiger charge is -2.21. The molecule has 0 fully saturated rings. The lowest BCUT2D eigenvalue weighted by Crippen LogP contribution is -2.27. The van der Waals surface area contributed by atoms with E-state index in [4.69, 9.17) is 7.85 Å². The molecule has 0 saturated carbocycles. The molecule has 0 saturated heterocycles. The van der Waals surface area contributed by atoms with Crippen molar-refractivity contribution in [1.29, 1.82) is 0 Å². The number of aryl methyl sites for hydroxylation is 2. The number of aromatic amines is 2. The molecule has 7 nitrogen and oxygen atoms in total. The van der Waals surface area contributed by atoms with Crippen LogP contribution in [0.1, 0.15) is 19.4 Å². The minimum atomic E-state index is -0.331. The van der Waals surface area contributed by atoms with Crippen LogP contribution in [0.2, 0.25) is 0 Å². The van der Waals surface area contributed by atoms with Gasteiger partial charge in [0.15, 0.2) is 0 Å². The second-order valence-electron chi connectivity index (χ2n) is 7.29. The van der Waals surface area contributed by atoms with Gasteiger partial charge in [-0.1, -0.05) is 19.9 Å². The smallest absolute Gasteiger partial charge is 0.261 e. The monoisotopic (exact) mass is 394 g/mol. The summed E-state index contributed by atoms with van der Waals surface area (Å²) in [6, 6.07) is 5.93. The van der Waals surface area contributed by atoms with Crippen LogP contribution >= 0.6 is 13.5 Å². The fourth-order valence-electron chi connectivity index (χ4n) is 3.12. The van der Waals surface area contributed by atoms with Gasteiger partial charge in [0.2, 0.25) is 0 Å². The second kappa shape index (κ2) is 7.39. The van der Waals surface area contributed by atoms with E-state index in [1.807, 2.05) is 46.0 Å². The van der Waals surface area contributed by atoms with Crippen LogP contribution in [0.4, 0.5) is 5.69 Å². The van der Waals surface area contributed by atoms with E-state index in [2.05, 4.69) is 25.4 Å². The van der Waals surface area contributed by atoms with Gasteiger partial charge in [-0.05, 0) is 36.5 Å². The SMILES string of the molecule is S.[B]C(Nc1c(-c2nc3ccc(C)cc3[nH]2)c(=O)[nH]c2cn(C)nc12)C(C)C. The fraction of sp³-hybridized carbons (Fsp3) is 0.316. The minimum absolute atomic E-state index is 0. The summed E-state index contributed by atoms with van der Waals surface area (Å²) in [6.07, 6.45) is 1.77. The molecule has 1 unspecified atom stereocenters. The highest BCUT2D eigenvalue weighted by atomic mass is 32.1. The Balaban J connectivity index is 0.00000225. The van der Waals surface area contributed by atoms with E-state index < -0.39 is 0 Å². The van der Waals surface area contributed by atoms with Crippen LogP contribution < -0.4 is 10.9 Å². The summed E-state index contributed by atoms with van der Waals surface area (Å²) in [5.74, 6) is 0.333. The van der Waals surface area contributed by atoms with Gasteiger partial charge in [0.1, 0.15) is 16.9 Å². The zero-order valence-corrected chi connectivity index (χ0v) is 17.3. The van der Waals surface area contributed by atoms with Crippen LogP contribution in [0.25, 0.3) is 33.5 Å². The van der Waals surface area contributed by atoms with Crippen LogP contribution in [0.3, 0.4) is 0 Å². The number of rotatable bonds is 4. The van der Waals surface area contributed by atoms with E-state index in [0.717, 1.165) is 16.6 Å². The Morgan fingerprint density at radius 2 is 1.96 bits per heavy atom. The summed E-state index contributed by atoms with van der Waals surface area (Å²) >= 11 is 0. The van der Waals surface area contributed by atoms with Crippen molar-refractivity contribution in [3.63, 3.8) is 0 Å². The van der Waals surface area contributed by atoms with Gasteiger partial charge in [-0.3, -0.25) is 9.48 Å². The van der Waals surface area contributed by atoms with Crippen molar-refractivity contribution in [1.82, 2.24) is 24.7 Å². The fourth-order valence-corrected chi connectivity index (χ4v) is 3.12. The molecule has 0 bridgehead atoms. The number of H-pyrrole nitrogens is 2. The number of aromatic nitrogens is 5. The molecule has 0 aliphatic heterocycles. The number of benzene rings is 1. The molecule has 4 rings (SSSR count). The maximum absolute atomic E-state index is 12.9. The van der Waals surface area contributed by atoms with Crippen LogP contribution in [-0.2, 0) is 7.05 Å². The van der Waals surface area contributed by atoms with Crippen LogP contribution in [-0.4, -0.2) is 38.5 Å². The van der Waals surface area contributed by atoms with Crippen molar-refractivity contribution in [3.8, 4) is 11.4 Å². The molecular formula is C19H23BN6OS. The van der Waals surface area contributed by atoms with Crippen LogP contribution in [0, 0.1) is 12.8 Å². The first kappa shape index (κ1) is 20.1. The van der Waals surface area contributed by atoms with Gasteiger partial charge in [0.05, 0.1) is 30.1 Å². The Bertz CT molecular complexity index is 1210. The van der Waals surface area contributed by atoms with E-state index >= 15 is 0 Å². The lowest BCUT2D eigenvalue weighted by atomic mass is 9.85. The predicted octanol–water partition coefficient (Wildman–Crippen LogP) is 2.79. The van der Waals surface area contributed by atoms with Gasteiger partial charge in [-0.25, -0.2) is 4.98 Å². The van der Waals surface area contributed by atoms with Crippen molar-refractivity contribution < 1.29 is 0 Å². The van der Waals surface area contributed by atoms with Gasteiger partial charge < -0.3 is 15.3 Å². The first-order valence-corrected chi connectivity index (χ1v) is 8.92. The van der Waals surface area contributed by atoms with Crippen molar-refractivity contribution in [2.75, 3.05) is 5.32 Å². The largest absolute Gasteiger partial charge is 0.388 e. The van der Waals surface area contributed by atoms with Crippen molar-refractivity contribution in [2.24, 2.45) is 13.0 Å². The molecule has 0 amide bonds.